The number of carbonyl (C=O) groups excluding carboxylic acids is 2. The molecule has 11 heteroatoms. The highest BCUT2D eigenvalue weighted by molar-refractivity contribution is 6.00. The zero-order valence-corrected chi connectivity index (χ0v) is 21.2. The molecule has 0 radical (unpaired) electrons. The van der Waals surface area contributed by atoms with Crippen molar-refractivity contribution in [1.29, 1.82) is 0 Å². The highest BCUT2D eigenvalue weighted by Crippen LogP contribution is 2.31. The molecule has 1 fully saturated rings. The molecule has 4 rings (SSSR count). The molecule has 0 bridgehead atoms. The average molecular weight is 511 g/mol. The van der Waals surface area contributed by atoms with Gasteiger partial charge in [0.25, 0.3) is 5.91 Å². The number of hydrogen-bond donors (Lipinski definition) is 1. The summed E-state index contributed by atoms with van der Waals surface area (Å²) in [4.78, 5) is 29.3. The molecular formula is C26H31FN6O4. The number of rotatable bonds is 10. The number of methoxy groups -OCH3 is 2. The Labute approximate surface area is 214 Å². The normalized spacial score (nSPS) is 14.3. The van der Waals surface area contributed by atoms with Gasteiger partial charge in [0.2, 0.25) is 11.7 Å². The van der Waals surface area contributed by atoms with Crippen LogP contribution in [0, 0.1) is 5.82 Å². The number of nitrogens with zero attached hydrogens (tertiary/aromatic N) is 5. The zero-order chi connectivity index (χ0) is 26.4. The van der Waals surface area contributed by atoms with Gasteiger partial charge in [-0.05, 0) is 66.9 Å². The average Bonchev–Trinajstić information content (AvgIpc) is 3.59. The van der Waals surface area contributed by atoms with Gasteiger partial charge in [0.1, 0.15) is 18.4 Å². The molecule has 0 unspecified atom stereocenters. The van der Waals surface area contributed by atoms with E-state index in [-0.39, 0.29) is 18.5 Å². The maximum atomic E-state index is 13.6. The van der Waals surface area contributed by atoms with Crippen LogP contribution < -0.4 is 19.7 Å². The molecule has 0 saturated heterocycles. The van der Waals surface area contributed by atoms with Crippen LogP contribution in [0.25, 0.3) is 11.4 Å². The Hall–Kier alpha value is -4.02. The summed E-state index contributed by atoms with van der Waals surface area (Å²) in [5.74, 6) is 0.283. The predicted molar refractivity (Wildman–Crippen MR) is 135 cm³/mol. The van der Waals surface area contributed by atoms with Gasteiger partial charge in [-0.15, -0.1) is 10.2 Å². The van der Waals surface area contributed by atoms with Crippen molar-refractivity contribution >= 4 is 17.5 Å². The number of hydrogen-bond acceptors (Lipinski definition) is 7. The van der Waals surface area contributed by atoms with E-state index in [2.05, 4.69) is 20.7 Å². The Balaban J connectivity index is 1.57. The summed E-state index contributed by atoms with van der Waals surface area (Å²) in [7, 11) is 3.07. The van der Waals surface area contributed by atoms with Crippen molar-refractivity contribution in [3.63, 3.8) is 0 Å². The molecule has 1 aromatic heterocycles. The fourth-order valence-electron chi connectivity index (χ4n) is 4.55. The van der Waals surface area contributed by atoms with Gasteiger partial charge in [-0.25, -0.2) is 4.39 Å². The lowest BCUT2D eigenvalue weighted by Crippen LogP contribution is -2.52. The summed E-state index contributed by atoms with van der Waals surface area (Å²) in [6, 6.07) is 10.0. The molecule has 1 saturated carbocycles. The highest BCUT2D eigenvalue weighted by atomic mass is 19.1. The standard InChI is InChI=1S/C26H31FN6O4/c1-4-21(26(35)28-19-7-5-6-8-19)33(20-12-10-18(27)11-13-20)24(34)16-32-30-25(29-31-32)17-9-14-22(36-2)23(15-17)37-3/h9-15,19,21H,4-8,16H2,1-3H3,(H,28,35)/t21-/m0/s1. The fourth-order valence-corrected chi connectivity index (χ4v) is 4.55. The van der Waals surface area contributed by atoms with Crippen LogP contribution in [0.4, 0.5) is 10.1 Å². The van der Waals surface area contributed by atoms with Crippen molar-refractivity contribution in [2.24, 2.45) is 0 Å². The quantitative estimate of drug-likeness (QED) is 0.445. The minimum atomic E-state index is -0.771. The maximum absolute atomic E-state index is 13.6. The van der Waals surface area contributed by atoms with Crippen LogP contribution in [-0.4, -0.2) is 58.3 Å². The van der Waals surface area contributed by atoms with Gasteiger partial charge < -0.3 is 14.8 Å². The van der Waals surface area contributed by atoms with Gasteiger partial charge in [0.15, 0.2) is 11.5 Å². The van der Waals surface area contributed by atoms with Crippen LogP contribution in [0.2, 0.25) is 0 Å². The van der Waals surface area contributed by atoms with Crippen molar-refractivity contribution < 1.29 is 23.5 Å². The minimum absolute atomic E-state index is 0.104. The van der Waals surface area contributed by atoms with Crippen LogP contribution in [-0.2, 0) is 16.1 Å². The van der Waals surface area contributed by atoms with Crippen molar-refractivity contribution in [3.05, 3.63) is 48.3 Å². The highest BCUT2D eigenvalue weighted by Gasteiger charge is 2.32. The van der Waals surface area contributed by atoms with Gasteiger partial charge >= 0.3 is 0 Å². The first-order valence-electron chi connectivity index (χ1n) is 12.3. The molecule has 1 aliphatic rings. The first-order chi connectivity index (χ1) is 17.9. The number of anilines is 1. The SMILES string of the molecule is CC[C@@H](C(=O)NC1CCCC1)N(C(=O)Cn1nnc(-c2ccc(OC)c(OC)c2)n1)c1ccc(F)cc1. The van der Waals surface area contributed by atoms with E-state index >= 15 is 0 Å². The third-order valence-corrected chi connectivity index (χ3v) is 6.45. The maximum Gasteiger partial charge on any atom is 0.251 e. The van der Waals surface area contributed by atoms with E-state index in [1.54, 1.807) is 25.3 Å². The lowest BCUT2D eigenvalue weighted by atomic mass is 10.1. The Morgan fingerprint density at radius 3 is 2.46 bits per heavy atom. The topological polar surface area (TPSA) is 111 Å². The molecule has 1 atom stereocenters. The number of amides is 2. The number of aromatic nitrogens is 4. The van der Waals surface area contributed by atoms with Gasteiger partial charge in [0, 0.05) is 17.3 Å². The molecule has 1 aliphatic carbocycles. The molecule has 2 aromatic carbocycles. The molecule has 0 spiro atoms. The number of benzene rings is 2. The first-order valence-corrected chi connectivity index (χ1v) is 12.3. The molecular weight excluding hydrogens is 479 g/mol. The molecule has 0 aliphatic heterocycles. The van der Waals surface area contributed by atoms with Crippen LogP contribution in [0.3, 0.4) is 0 Å². The number of nitrogens with one attached hydrogen (secondary N) is 1. The lowest BCUT2D eigenvalue weighted by Gasteiger charge is -2.31. The Kier molecular flexibility index (Phi) is 8.32. The smallest absolute Gasteiger partial charge is 0.251 e. The molecule has 1 heterocycles. The molecule has 37 heavy (non-hydrogen) atoms. The van der Waals surface area contributed by atoms with Crippen molar-refractivity contribution in [2.75, 3.05) is 19.1 Å². The van der Waals surface area contributed by atoms with E-state index in [1.807, 2.05) is 6.92 Å². The van der Waals surface area contributed by atoms with Crippen molar-refractivity contribution in [2.45, 2.75) is 57.7 Å². The summed E-state index contributed by atoms with van der Waals surface area (Å²) in [5.41, 5.74) is 1.05. The largest absolute Gasteiger partial charge is 0.493 e. The Morgan fingerprint density at radius 1 is 1.11 bits per heavy atom. The summed E-state index contributed by atoms with van der Waals surface area (Å²) >= 11 is 0. The lowest BCUT2D eigenvalue weighted by molar-refractivity contribution is -0.127. The Bertz CT molecular complexity index is 1230. The summed E-state index contributed by atoms with van der Waals surface area (Å²) in [6.07, 6.45) is 4.37. The van der Waals surface area contributed by atoms with E-state index in [1.165, 1.54) is 41.1 Å². The summed E-state index contributed by atoms with van der Waals surface area (Å²) in [5, 5.41) is 15.5. The van der Waals surface area contributed by atoms with Gasteiger partial charge in [-0.2, -0.15) is 4.80 Å². The number of tetrazole rings is 1. The second-order valence-corrected chi connectivity index (χ2v) is 8.87. The second-order valence-electron chi connectivity index (χ2n) is 8.87. The van der Waals surface area contributed by atoms with Crippen LogP contribution in [0.5, 0.6) is 11.5 Å². The summed E-state index contributed by atoms with van der Waals surface area (Å²) < 4.78 is 24.2. The van der Waals surface area contributed by atoms with Gasteiger partial charge in [-0.3, -0.25) is 14.5 Å². The Morgan fingerprint density at radius 2 is 1.81 bits per heavy atom. The third kappa shape index (κ3) is 6.04. The van der Waals surface area contributed by atoms with Crippen LogP contribution >= 0.6 is 0 Å². The molecule has 196 valence electrons. The number of ether oxygens (including phenoxy) is 2. The molecule has 2 amide bonds. The van der Waals surface area contributed by atoms with E-state index in [0.717, 1.165) is 25.7 Å². The molecule has 10 nitrogen and oxygen atoms in total. The first kappa shape index (κ1) is 26.1. The zero-order valence-electron chi connectivity index (χ0n) is 21.2. The third-order valence-electron chi connectivity index (χ3n) is 6.45. The van der Waals surface area contributed by atoms with Crippen LogP contribution in [0.15, 0.2) is 42.5 Å². The van der Waals surface area contributed by atoms with Crippen LogP contribution in [0.1, 0.15) is 39.0 Å². The second kappa shape index (κ2) is 11.8. The van der Waals surface area contributed by atoms with Crippen molar-refractivity contribution in [3.8, 4) is 22.9 Å². The molecule has 3 aromatic rings. The van der Waals surface area contributed by atoms with E-state index in [9.17, 15) is 14.0 Å². The summed E-state index contributed by atoms with van der Waals surface area (Å²) in [6.45, 7) is 1.58. The molecule has 1 N–H and O–H groups in total. The van der Waals surface area contributed by atoms with Crippen molar-refractivity contribution in [1.82, 2.24) is 25.5 Å². The number of halogens is 1. The van der Waals surface area contributed by atoms with E-state index in [4.69, 9.17) is 9.47 Å². The van der Waals surface area contributed by atoms with Gasteiger partial charge in [0.05, 0.1) is 14.2 Å². The van der Waals surface area contributed by atoms with E-state index < -0.39 is 17.8 Å². The number of carbonyl (C=O) groups is 2. The monoisotopic (exact) mass is 510 g/mol. The van der Waals surface area contributed by atoms with E-state index in [0.29, 0.717) is 35.0 Å². The fraction of sp³-hybridized carbons (Fsp3) is 0.423. The minimum Gasteiger partial charge on any atom is -0.493 e. The predicted octanol–water partition coefficient (Wildman–Crippen LogP) is 3.37. The van der Waals surface area contributed by atoms with Gasteiger partial charge in [-0.1, -0.05) is 19.8 Å².